The maximum Gasteiger partial charge on any atom is 0.267 e. The van der Waals surface area contributed by atoms with Gasteiger partial charge in [0.2, 0.25) is 5.91 Å². The second-order valence-electron chi connectivity index (χ2n) is 13.7. The highest BCUT2D eigenvalue weighted by Gasteiger charge is 2.27. The van der Waals surface area contributed by atoms with E-state index in [1.807, 2.05) is 0 Å². The Bertz CT molecular complexity index is 860. The van der Waals surface area contributed by atoms with E-state index in [4.69, 9.17) is 0 Å². The number of nitrogens with one attached hydrogen (secondary N) is 1. The molecule has 0 aromatic rings. The molecule has 0 rings (SSSR count). The molecular formula is C39H75NO6S. The largest absolute Gasteiger partial charge is 0.387 e. The van der Waals surface area contributed by atoms with Gasteiger partial charge >= 0.3 is 0 Å². The summed E-state index contributed by atoms with van der Waals surface area (Å²) < 4.78 is 32.3. The molecule has 278 valence electrons. The van der Waals surface area contributed by atoms with Crippen LogP contribution in [-0.4, -0.2) is 53.1 Å². The number of carbonyl (C=O) groups excluding carboxylic acids is 1. The van der Waals surface area contributed by atoms with Crippen LogP contribution in [-0.2, 0) is 14.9 Å². The van der Waals surface area contributed by atoms with Gasteiger partial charge in [0.05, 0.1) is 17.9 Å². The Balaban J connectivity index is 3.86. The van der Waals surface area contributed by atoms with Crippen molar-refractivity contribution < 1.29 is 28.0 Å². The topological polar surface area (TPSA) is 124 Å². The number of hydrogen-bond acceptors (Lipinski definition) is 5. The van der Waals surface area contributed by atoms with E-state index in [1.54, 1.807) is 6.08 Å². The number of amides is 1. The molecule has 0 aliphatic rings. The molecule has 0 heterocycles. The summed E-state index contributed by atoms with van der Waals surface area (Å²) in [6, 6.07) is -1.24. The lowest BCUT2D eigenvalue weighted by molar-refractivity contribution is -0.130. The van der Waals surface area contributed by atoms with Crippen molar-refractivity contribution >= 4 is 16.0 Å². The monoisotopic (exact) mass is 686 g/mol. The Hall–Kier alpha value is -1.22. The number of aliphatic hydroxyl groups is 2. The molecule has 0 aliphatic carbocycles. The summed E-state index contributed by atoms with van der Waals surface area (Å²) in [6.45, 7) is 4.42. The highest BCUT2D eigenvalue weighted by molar-refractivity contribution is 7.85. The van der Waals surface area contributed by atoms with Gasteiger partial charge in [-0.1, -0.05) is 192 Å². The zero-order chi connectivity index (χ0) is 34.9. The lowest BCUT2D eigenvalue weighted by atomic mass is 10.0. The van der Waals surface area contributed by atoms with Crippen LogP contribution in [0.1, 0.15) is 194 Å². The fourth-order valence-electron chi connectivity index (χ4n) is 5.93. The molecule has 3 atom stereocenters. The summed E-state index contributed by atoms with van der Waals surface area (Å²) in [4.78, 5) is 12.5. The third kappa shape index (κ3) is 33.1. The molecular weight excluding hydrogens is 610 g/mol. The molecule has 0 saturated heterocycles. The summed E-state index contributed by atoms with van der Waals surface area (Å²) >= 11 is 0. The molecule has 0 aliphatic heterocycles. The Morgan fingerprint density at radius 3 is 1.38 bits per heavy atom. The highest BCUT2D eigenvalue weighted by Crippen LogP contribution is 2.16. The molecule has 0 saturated carbocycles. The van der Waals surface area contributed by atoms with Crippen LogP contribution in [0, 0.1) is 0 Å². The fraction of sp³-hybridized carbons (Fsp3) is 0.872. The third-order valence-corrected chi connectivity index (χ3v) is 9.77. The first kappa shape index (κ1) is 45.8. The van der Waals surface area contributed by atoms with E-state index in [9.17, 15) is 28.0 Å². The Kier molecular flexibility index (Phi) is 32.4. The summed E-state index contributed by atoms with van der Waals surface area (Å²) in [6.07, 6.45) is 38.4. The minimum absolute atomic E-state index is 0.278. The summed E-state index contributed by atoms with van der Waals surface area (Å²) in [5, 5.41) is 23.2. The van der Waals surface area contributed by atoms with E-state index in [0.717, 1.165) is 44.9 Å². The molecule has 1 amide bonds. The van der Waals surface area contributed by atoms with Crippen molar-refractivity contribution in [3.05, 3.63) is 24.3 Å². The first-order chi connectivity index (χ1) is 22.7. The highest BCUT2D eigenvalue weighted by atomic mass is 32.2. The number of allylic oxidation sites excluding steroid dienone is 3. The molecule has 3 unspecified atom stereocenters. The second kappa shape index (κ2) is 33.3. The van der Waals surface area contributed by atoms with Crippen molar-refractivity contribution in [2.75, 3.05) is 5.75 Å². The number of carbonyl (C=O) groups is 1. The van der Waals surface area contributed by atoms with Gasteiger partial charge in [-0.3, -0.25) is 9.35 Å². The first-order valence-corrected chi connectivity index (χ1v) is 21.3. The van der Waals surface area contributed by atoms with Crippen molar-refractivity contribution in [2.24, 2.45) is 0 Å². The minimum atomic E-state index is -4.44. The van der Waals surface area contributed by atoms with Crippen LogP contribution < -0.4 is 5.32 Å². The Morgan fingerprint density at radius 2 is 0.957 bits per heavy atom. The lowest BCUT2D eigenvalue weighted by Gasteiger charge is -2.22. The molecule has 0 radical (unpaired) electrons. The number of rotatable bonds is 35. The SMILES string of the molecule is CCCC/C=C/CC/C=C/C(O)C(CS(=O)(=O)O)NC(=O)C(O)CCCCCCCCCCCCCCCCCCCCCCCC. The average Bonchev–Trinajstić information content (AvgIpc) is 3.03. The molecule has 4 N–H and O–H groups in total. The fourth-order valence-corrected chi connectivity index (χ4v) is 6.66. The van der Waals surface area contributed by atoms with E-state index in [2.05, 4.69) is 31.3 Å². The third-order valence-electron chi connectivity index (χ3n) is 8.99. The number of unbranched alkanes of at least 4 members (excludes halogenated alkanes) is 24. The smallest absolute Gasteiger partial charge is 0.267 e. The predicted octanol–water partition coefficient (Wildman–Crippen LogP) is 10.2. The lowest BCUT2D eigenvalue weighted by Crippen LogP contribution is -2.50. The summed E-state index contributed by atoms with van der Waals surface area (Å²) in [7, 11) is -4.44. The van der Waals surface area contributed by atoms with Crippen molar-refractivity contribution in [3.8, 4) is 0 Å². The van der Waals surface area contributed by atoms with Crippen molar-refractivity contribution in [2.45, 2.75) is 212 Å². The Morgan fingerprint density at radius 1 is 0.574 bits per heavy atom. The van der Waals surface area contributed by atoms with E-state index in [-0.39, 0.29) is 6.42 Å². The molecule has 0 spiro atoms. The molecule has 8 heteroatoms. The van der Waals surface area contributed by atoms with Gasteiger partial charge in [0, 0.05) is 0 Å². The maximum absolute atomic E-state index is 12.5. The standard InChI is InChI=1S/C39H75NO6S/c1-3-5-7-9-11-13-14-15-16-17-18-19-20-21-22-23-24-25-26-28-30-32-34-38(42)39(43)40-36(35-47(44,45)46)37(41)33-31-29-27-12-10-8-6-4-2/h10,12,31,33,36-38,41-42H,3-9,11,13-30,32,34-35H2,1-2H3,(H,40,43)(H,44,45,46)/b12-10+,33-31+. The van der Waals surface area contributed by atoms with Gasteiger partial charge in [0.1, 0.15) is 6.10 Å². The van der Waals surface area contributed by atoms with Gasteiger partial charge in [-0.25, -0.2) is 0 Å². The van der Waals surface area contributed by atoms with Crippen LogP contribution in [0.25, 0.3) is 0 Å². The summed E-state index contributed by atoms with van der Waals surface area (Å²) in [5.41, 5.74) is 0. The molecule has 0 aromatic heterocycles. The predicted molar refractivity (Wildman–Crippen MR) is 199 cm³/mol. The van der Waals surface area contributed by atoms with E-state index in [1.165, 1.54) is 122 Å². The first-order valence-electron chi connectivity index (χ1n) is 19.6. The van der Waals surface area contributed by atoms with Crippen LogP contribution in [0.3, 0.4) is 0 Å². The van der Waals surface area contributed by atoms with E-state index < -0.39 is 40.0 Å². The molecule has 0 fully saturated rings. The molecule has 0 bridgehead atoms. The minimum Gasteiger partial charge on any atom is -0.387 e. The normalized spacial score (nSPS) is 14.2. The molecule has 0 aromatic carbocycles. The van der Waals surface area contributed by atoms with Crippen molar-refractivity contribution in [1.82, 2.24) is 5.32 Å². The van der Waals surface area contributed by atoms with Gasteiger partial charge < -0.3 is 15.5 Å². The molecule has 47 heavy (non-hydrogen) atoms. The van der Waals surface area contributed by atoms with Crippen LogP contribution in [0.4, 0.5) is 0 Å². The van der Waals surface area contributed by atoms with E-state index in [0.29, 0.717) is 12.8 Å². The maximum atomic E-state index is 12.5. The van der Waals surface area contributed by atoms with Crippen LogP contribution in [0.15, 0.2) is 24.3 Å². The zero-order valence-electron chi connectivity index (χ0n) is 30.5. The van der Waals surface area contributed by atoms with Crippen LogP contribution >= 0.6 is 0 Å². The van der Waals surface area contributed by atoms with Gasteiger partial charge in [-0.05, 0) is 25.7 Å². The summed E-state index contributed by atoms with van der Waals surface area (Å²) in [5.74, 6) is -1.55. The number of aliphatic hydroxyl groups excluding tert-OH is 2. The quantitative estimate of drug-likeness (QED) is 0.0299. The van der Waals surface area contributed by atoms with Crippen LogP contribution in [0.2, 0.25) is 0 Å². The van der Waals surface area contributed by atoms with Crippen molar-refractivity contribution in [1.29, 1.82) is 0 Å². The van der Waals surface area contributed by atoms with Gasteiger partial charge in [-0.2, -0.15) is 8.42 Å². The Labute approximate surface area is 290 Å². The zero-order valence-corrected chi connectivity index (χ0v) is 31.3. The van der Waals surface area contributed by atoms with E-state index >= 15 is 0 Å². The number of hydrogen-bond donors (Lipinski definition) is 4. The van der Waals surface area contributed by atoms with Gasteiger partial charge in [-0.15, -0.1) is 0 Å². The average molecular weight is 686 g/mol. The van der Waals surface area contributed by atoms with Gasteiger partial charge in [0.15, 0.2) is 0 Å². The van der Waals surface area contributed by atoms with Crippen molar-refractivity contribution in [3.63, 3.8) is 0 Å². The molecule has 7 nitrogen and oxygen atoms in total. The van der Waals surface area contributed by atoms with Gasteiger partial charge in [0.25, 0.3) is 10.1 Å². The van der Waals surface area contributed by atoms with Crippen LogP contribution in [0.5, 0.6) is 0 Å². The second-order valence-corrected chi connectivity index (χ2v) is 15.2.